The van der Waals surface area contributed by atoms with E-state index in [2.05, 4.69) is 10.2 Å². The fourth-order valence-electron chi connectivity index (χ4n) is 2.46. The van der Waals surface area contributed by atoms with Crippen molar-refractivity contribution in [2.75, 3.05) is 0 Å². The highest BCUT2D eigenvalue weighted by atomic mass is 16.6. The van der Waals surface area contributed by atoms with Gasteiger partial charge in [0, 0.05) is 28.8 Å². The molecule has 0 bridgehead atoms. The van der Waals surface area contributed by atoms with E-state index in [1.807, 2.05) is 6.07 Å². The van der Waals surface area contributed by atoms with Crippen LogP contribution >= 0.6 is 0 Å². The molecule has 0 aromatic heterocycles. The fraction of sp³-hybridized carbons (Fsp3) is 0. The lowest BCUT2D eigenvalue weighted by Gasteiger charge is -2.04. The molecule has 28 heavy (non-hydrogen) atoms. The number of hydrogen-bond donors (Lipinski definition) is 1. The van der Waals surface area contributed by atoms with Crippen molar-refractivity contribution < 1.29 is 14.8 Å². The molecule has 0 radical (unpaired) electrons. The molecule has 0 unspecified atom stereocenters. The number of nitrogens with zero attached hydrogens (tertiary/aromatic N) is 3. The molecule has 3 aromatic carbocycles. The highest BCUT2D eigenvalue weighted by Crippen LogP contribution is 2.21. The zero-order chi connectivity index (χ0) is 19.9. The minimum Gasteiger partial charge on any atom is -0.507 e. The summed E-state index contributed by atoms with van der Waals surface area (Å²) in [4.78, 5) is 23.2. The molecule has 138 valence electrons. The van der Waals surface area contributed by atoms with Crippen LogP contribution in [0, 0.1) is 10.1 Å². The number of rotatable bonds is 6. The third-order valence-electron chi connectivity index (χ3n) is 3.87. The van der Waals surface area contributed by atoms with Crippen LogP contribution in [0.1, 0.15) is 21.5 Å². The van der Waals surface area contributed by atoms with Crippen LogP contribution in [0.3, 0.4) is 0 Å². The topological polar surface area (TPSA) is 105 Å². The number of carbonyl (C=O) groups is 1. The molecular formula is C21H15N3O4. The summed E-state index contributed by atoms with van der Waals surface area (Å²) in [5.74, 6) is -0.493. The van der Waals surface area contributed by atoms with E-state index in [1.54, 1.807) is 54.6 Å². The Balaban J connectivity index is 1.98. The molecule has 3 rings (SSSR count). The van der Waals surface area contributed by atoms with Crippen LogP contribution in [0.15, 0.2) is 89.1 Å². The summed E-state index contributed by atoms with van der Waals surface area (Å²) in [6, 6.07) is 21.1. The maximum atomic E-state index is 12.9. The van der Waals surface area contributed by atoms with Gasteiger partial charge < -0.3 is 5.11 Å². The van der Waals surface area contributed by atoms with Gasteiger partial charge in [-0.15, -0.1) is 5.10 Å². The number of aromatic hydroxyl groups is 1. The number of non-ortho nitro benzene ring substituents is 1. The van der Waals surface area contributed by atoms with Crippen LogP contribution in [0.4, 0.5) is 5.69 Å². The number of phenolic OH excluding ortho intramolecular Hbond substituents is 1. The number of benzene rings is 3. The van der Waals surface area contributed by atoms with E-state index in [-0.39, 0.29) is 28.5 Å². The first-order valence-electron chi connectivity index (χ1n) is 8.30. The SMILES string of the molecule is O=C(/C(=N\N=C/c1cc([N+](=O)[O-])ccc1O)c1ccccc1)c1ccccc1. The first-order chi connectivity index (χ1) is 13.6. The Morgan fingerprint density at radius 1 is 0.929 bits per heavy atom. The molecule has 0 aliphatic rings. The molecule has 0 saturated heterocycles. The smallest absolute Gasteiger partial charge is 0.270 e. The lowest BCUT2D eigenvalue weighted by Crippen LogP contribution is -2.15. The monoisotopic (exact) mass is 373 g/mol. The van der Waals surface area contributed by atoms with E-state index in [4.69, 9.17) is 0 Å². The first-order valence-corrected chi connectivity index (χ1v) is 8.30. The minimum atomic E-state index is -0.575. The van der Waals surface area contributed by atoms with Gasteiger partial charge in [-0.2, -0.15) is 5.10 Å². The second-order valence-corrected chi connectivity index (χ2v) is 5.75. The van der Waals surface area contributed by atoms with E-state index in [0.717, 1.165) is 0 Å². The van der Waals surface area contributed by atoms with E-state index < -0.39 is 4.92 Å². The van der Waals surface area contributed by atoms with Crippen LogP contribution in [-0.2, 0) is 0 Å². The van der Waals surface area contributed by atoms with Gasteiger partial charge in [-0.1, -0.05) is 60.7 Å². The van der Waals surface area contributed by atoms with Gasteiger partial charge in [0.2, 0.25) is 5.78 Å². The molecule has 7 heteroatoms. The normalized spacial score (nSPS) is 11.5. The number of Topliss-reactive ketones (excluding diaryl/α,β-unsaturated/α-hetero) is 1. The van der Waals surface area contributed by atoms with Gasteiger partial charge in [0.15, 0.2) is 0 Å². The van der Waals surface area contributed by atoms with Crippen molar-refractivity contribution in [3.8, 4) is 5.75 Å². The molecule has 1 N–H and O–H groups in total. The zero-order valence-electron chi connectivity index (χ0n) is 14.6. The zero-order valence-corrected chi connectivity index (χ0v) is 14.6. The summed E-state index contributed by atoms with van der Waals surface area (Å²) in [6.07, 6.45) is 1.17. The summed E-state index contributed by atoms with van der Waals surface area (Å²) in [5.41, 5.74) is 1.09. The van der Waals surface area contributed by atoms with Gasteiger partial charge in [-0.3, -0.25) is 14.9 Å². The lowest BCUT2D eigenvalue weighted by atomic mass is 10.0. The fourth-order valence-corrected chi connectivity index (χ4v) is 2.46. The van der Waals surface area contributed by atoms with Crippen molar-refractivity contribution in [3.05, 3.63) is 106 Å². The second-order valence-electron chi connectivity index (χ2n) is 5.75. The van der Waals surface area contributed by atoms with Crippen LogP contribution in [0.25, 0.3) is 0 Å². The molecule has 0 fully saturated rings. The van der Waals surface area contributed by atoms with Crippen molar-refractivity contribution in [3.63, 3.8) is 0 Å². The number of carbonyl (C=O) groups excluding carboxylic acids is 1. The Kier molecular flexibility index (Phi) is 5.66. The van der Waals surface area contributed by atoms with E-state index in [9.17, 15) is 20.0 Å². The molecule has 0 aliphatic heterocycles. The third-order valence-corrected chi connectivity index (χ3v) is 3.87. The van der Waals surface area contributed by atoms with Gasteiger partial charge in [-0.05, 0) is 6.07 Å². The Morgan fingerprint density at radius 3 is 2.14 bits per heavy atom. The standard InChI is InChI=1S/C21H15N3O4/c25-19-12-11-18(24(27)28)13-17(19)14-22-23-20(15-7-3-1-4-8-15)21(26)16-9-5-2-6-10-16/h1-14,25H/b22-14-,23-20-. The van der Waals surface area contributed by atoms with Gasteiger partial charge in [-0.25, -0.2) is 0 Å². The highest BCUT2D eigenvalue weighted by molar-refractivity contribution is 6.51. The first kappa shape index (κ1) is 18.7. The summed E-state index contributed by atoms with van der Waals surface area (Å²) in [5, 5.41) is 28.7. The third kappa shape index (κ3) is 4.34. The summed E-state index contributed by atoms with van der Waals surface area (Å²) >= 11 is 0. The molecule has 7 nitrogen and oxygen atoms in total. The van der Waals surface area contributed by atoms with Crippen LogP contribution < -0.4 is 0 Å². The number of ketones is 1. The van der Waals surface area contributed by atoms with Crippen molar-refractivity contribution in [1.29, 1.82) is 0 Å². The van der Waals surface area contributed by atoms with E-state index in [1.165, 1.54) is 24.4 Å². The molecule has 0 spiro atoms. The molecule has 0 heterocycles. The molecule has 0 saturated carbocycles. The molecule has 0 amide bonds. The number of nitro benzene ring substituents is 1. The average molecular weight is 373 g/mol. The molecule has 0 atom stereocenters. The van der Waals surface area contributed by atoms with Crippen LogP contribution in [0.2, 0.25) is 0 Å². The van der Waals surface area contributed by atoms with Gasteiger partial charge in [0.05, 0.1) is 11.1 Å². The lowest BCUT2D eigenvalue weighted by molar-refractivity contribution is -0.384. The Morgan fingerprint density at radius 2 is 1.54 bits per heavy atom. The maximum absolute atomic E-state index is 12.9. The molecule has 0 aliphatic carbocycles. The van der Waals surface area contributed by atoms with Crippen molar-refractivity contribution >= 4 is 23.4 Å². The van der Waals surface area contributed by atoms with Crippen molar-refractivity contribution in [1.82, 2.24) is 0 Å². The van der Waals surface area contributed by atoms with E-state index in [0.29, 0.717) is 11.1 Å². The summed E-state index contributed by atoms with van der Waals surface area (Å²) in [7, 11) is 0. The molecule has 3 aromatic rings. The van der Waals surface area contributed by atoms with Gasteiger partial charge in [0.1, 0.15) is 11.5 Å². The van der Waals surface area contributed by atoms with E-state index >= 15 is 0 Å². The quantitative estimate of drug-likeness (QED) is 0.305. The average Bonchev–Trinajstić information content (AvgIpc) is 2.73. The second kappa shape index (κ2) is 8.50. The maximum Gasteiger partial charge on any atom is 0.270 e. The van der Waals surface area contributed by atoms with Crippen molar-refractivity contribution in [2.24, 2.45) is 10.2 Å². The number of phenols is 1. The minimum absolute atomic E-state index is 0.118. The van der Waals surface area contributed by atoms with Crippen molar-refractivity contribution in [2.45, 2.75) is 0 Å². The highest BCUT2D eigenvalue weighted by Gasteiger charge is 2.16. The van der Waals surface area contributed by atoms with Crippen LogP contribution in [0.5, 0.6) is 5.75 Å². The van der Waals surface area contributed by atoms with Gasteiger partial charge >= 0.3 is 0 Å². The Bertz CT molecular complexity index is 1060. The predicted molar refractivity (Wildman–Crippen MR) is 106 cm³/mol. The van der Waals surface area contributed by atoms with Crippen LogP contribution in [-0.4, -0.2) is 27.7 Å². The largest absolute Gasteiger partial charge is 0.507 e. The summed E-state index contributed by atoms with van der Waals surface area (Å²) in [6.45, 7) is 0. The summed E-state index contributed by atoms with van der Waals surface area (Å²) < 4.78 is 0. The number of nitro groups is 1. The number of hydrogen-bond acceptors (Lipinski definition) is 6. The Hall–Kier alpha value is -4.13. The molecular weight excluding hydrogens is 358 g/mol. The Labute approximate surface area is 160 Å². The van der Waals surface area contributed by atoms with Gasteiger partial charge in [0.25, 0.3) is 5.69 Å². The predicted octanol–water partition coefficient (Wildman–Crippen LogP) is 4.01.